The first-order valence-corrected chi connectivity index (χ1v) is 13.0. The van der Waals surface area contributed by atoms with Crippen LogP contribution in [0.15, 0.2) is 48.5 Å². The molecule has 0 saturated heterocycles. The molecule has 0 fully saturated rings. The summed E-state index contributed by atoms with van der Waals surface area (Å²) in [6.07, 6.45) is 6.77. The zero-order valence-electron chi connectivity index (χ0n) is 19.3. The number of halogens is 2. The molecule has 0 heterocycles. The van der Waals surface area contributed by atoms with E-state index in [-0.39, 0.29) is 5.41 Å². The molecule has 8 heteroatoms. The van der Waals surface area contributed by atoms with Crippen LogP contribution in [0.3, 0.4) is 0 Å². The van der Waals surface area contributed by atoms with E-state index in [1.165, 1.54) is 19.3 Å². The van der Waals surface area contributed by atoms with Gasteiger partial charge in [-0.25, -0.2) is 0 Å². The van der Waals surface area contributed by atoms with Gasteiger partial charge in [-0.3, -0.25) is 0 Å². The van der Waals surface area contributed by atoms with Gasteiger partial charge in [0.15, 0.2) is 10.2 Å². The number of hydrogen-bond donors (Lipinski definition) is 4. The van der Waals surface area contributed by atoms with Crippen molar-refractivity contribution in [1.82, 2.24) is 10.6 Å². The van der Waals surface area contributed by atoms with Crippen LogP contribution in [-0.4, -0.2) is 23.3 Å². The van der Waals surface area contributed by atoms with Crippen molar-refractivity contribution in [3.05, 3.63) is 58.6 Å². The quantitative estimate of drug-likeness (QED) is 0.169. The fraction of sp³-hybridized carbons (Fsp3) is 0.440. The Balaban J connectivity index is 1.82. The third kappa shape index (κ3) is 10.5. The summed E-state index contributed by atoms with van der Waals surface area (Å²) in [5.74, 6) is 0. The second-order valence-electron chi connectivity index (χ2n) is 8.26. The minimum atomic E-state index is 0.189. The fourth-order valence-corrected chi connectivity index (χ4v) is 4.34. The van der Waals surface area contributed by atoms with Gasteiger partial charge in [0.2, 0.25) is 0 Å². The Labute approximate surface area is 219 Å². The minimum Gasteiger partial charge on any atom is -0.362 e. The van der Waals surface area contributed by atoms with E-state index in [9.17, 15) is 0 Å². The summed E-state index contributed by atoms with van der Waals surface area (Å²) in [7, 11) is 0. The van der Waals surface area contributed by atoms with E-state index in [2.05, 4.69) is 35.1 Å². The normalized spacial score (nSPS) is 12.5. The van der Waals surface area contributed by atoms with Crippen molar-refractivity contribution in [3.8, 4) is 0 Å². The Kier molecular flexibility index (Phi) is 12.2. The number of unbranched alkanes of at least 4 members (excludes halogenated alkanes) is 1. The highest BCUT2D eigenvalue weighted by Crippen LogP contribution is 2.33. The van der Waals surface area contributed by atoms with Crippen molar-refractivity contribution in [1.29, 1.82) is 0 Å². The summed E-state index contributed by atoms with van der Waals surface area (Å²) >= 11 is 22.9. The molecule has 0 saturated carbocycles. The molecule has 4 nitrogen and oxygen atoms in total. The van der Waals surface area contributed by atoms with Gasteiger partial charge >= 0.3 is 0 Å². The Morgan fingerprint density at radius 3 is 1.73 bits per heavy atom. The van der Waals surface area contributed by atoms with E-state index < -0.39 is 0 Å². The van der Waals surface area contributed by atoms with Gasteiger partial charge in [0.25, 0.3) is 0 Å². The lowest BCUT2D eigenvalue weighted by molar-refractivity contribution is 0.218. The summed E-state index contributed by atoms with van der Waals surface area (Å²) in [5, 5.41) is 15.9. The summed E-state index contributed by atoms with van der Waals surface area (Å²) in [5.41, 5.74) is 2.04. The highest BCUT2D eigenvalue weighted by atomic mass is 35.5. The van der Waals surface area contributed by atoms with Crippen LogP contribution in [0.4, 0.5) is 11.4 Å². The molecule has 0 unspecified atom stereocenters. The van der Waals surface area contributed by atoms with Gasteiger partial charge in [0.05, 0.1) is 0 Å². The third-order valence-electron chi connectivity index (χ3n) is 5.81. The third-order valence-corrected chi connectivity index (χ3v) is 6.80. The zero-order valence-corrected chi connectivity index (χ0v) is 22.5. The number of hydrogen-bond acceptors (Lipinski definition) is 2. The molecule has 0 aliphatic carbocycles. The number of anilines is 2. The monoisotopic (exact) mass is 524 g/mol. The molecule has 0 aliphatic rings. The standard InChI is InChI=1S/C25H34Cl2N4S2/c1-3-5-15-25(4-2,18-29-24(33)31-22-13-9-20(27)10-14-22)16-6-17-28-23(32)30-21-11-7-19(26)8-12-21/h7-14H,3-6,15-18H2,1-2H3,(H2,28,30,32)(H2,29,31,33)/t25-/m1/s1. The molecule has 33 heavy (non-hydrogen) atoms. The summed E-state index contributed by atoms with van der Waals surface area (Å²) in [6, 6.07) is 15.1. The lowest BCUT2D eigenvalue weighted by atomic mass is 9.76. The Hall–Kier alpha value is -1.60. The van der Waals surface area contributed by atoms with E-state index in [0.29, 0.717) is 20.3 Å². The first kappa shape index (κ1) is 27.6. The van der Waals surface area contributed by atoms with Gasteiger partial charge < -0.3 is 21.3 Å². The number of rotatable bonds is 12. The molecule has 0 bridgehead atoms. The van der Waals surface area contributed by atoms with Crippen LogP contribution in [0.1, 0.15) is 52.4 Å². The molecule has 1 atom stereocenters. The molecule has 180 valence electrons. The molecule has 0 radical (unpaired) electrons. The van der Waals surface area contributed by atoms with Crippen LogP contribution >= 0.6 is 47.6 Å². The van der Waals surface area contributed by atoms with Crippen LogP contribution in [-0.2, 0) is 0 Å². The van der Waals surface area contributed by atoms with Gasteiger partial charge in [-0.2, -0.15) is 0 Å². The maximum Gasteiger partial charge on any atom is 0.170 e. The molecule has 0 spiro atoms. The summed E-state index contributed by atoms with van der Waals surface area (Å²) in [4.78, 5) is 0. The van der Waals surface area contributed by atoms with Crippen molar-refractivity contribution in [2.45, 2.75) is 52.4 Å². The maximum atomic E-state index is 5.96. The maximum absolute atomic E-state index is 5.96. The van der Waals surface area contributed by atoms with E-state index in [1.54, 1.807) is 0 Å². The molecule has 0 aliphatic heterocycles. The minimum absolute atomic E-state index is 0.189. The van der Waals surface area contributed by atoms with Crippen LogP contribution < -0.4 is 21.3 Å². The molecular formula is C25H34Cl2N4S2. The van der Waals surface area contributed by atoms with E-state index in [4.69, 9.17) is 47.6 Å². The molecule has 0 amide bonds. The van der Waals surface area contributed by atoms with Crippen LogP contribution in [0.2, 0.25) is 10.0 Å². The zero-order chi connectivity index (χ0) is 24.1. The first-order chi connectivity index (χ1) is 15.9. The molecular weight excluding hydrogens is 491 g/mol. The predicted octanol–water partition coefficient (Wildman–Crippen LogP) is 7.63. The Morgan fingerprint density at radius 2 is 1.24 bits per heavy atom. The molecule has 2 rings (SSSR count). The first-order valence-electron chi connectivity index (χ1n) is 11.5. The van der Waals surface area contributed by atoms with Crippen LogP contribution in [0, 0.1) is 5.41 Å². The topological polar surface area (TPSA) is 48.1 Å². The van der Waals surface area contributed by atoms with Gasteiger partial charge in [-0.05, 0) is 104 Å². The molecule has 2 aromatic rings. The Bertz CT molecular complexity index is 875. The SMILES string of the molecule is CCCC[C@](CC)(CCCNC(=S)Nc1ccc(Cl)cc1)CNC(=S)Nc1ccc(Cl)cc1. The highest BCUT2D eigenvalue weighted by molar-refractivity contribution is 7.80. The van der Waals surface area contributed by atoms with Crippen molar-refractivity contribution in [2.75, 3.05) is 23.7 Å². The van der Waals surface area contributed by atoms with E-state index >= 15 is 0 Å². The summed E-state index contributed by atoms with van der Waals surface area (Å²) in [6.45, 7) is 6.17. The van der Waals surface area contributed by atoms with Gasteiger partial charge in [0, 0.05) is 34.5 Å². The average molecular weight is 526 g/mol. The fourth-order valence-electron chi connectivity index (χ4n) is 3.68. The smallest absolute Gasteiger partial charge is 0.170 e. The van der Waals surface area contributed by atoms with E-state index in [0.717, 1.165) is 43.7 Å². The van der Waals surface area contributed by atoms with Crippen molar-refractivity contribution in [2.24, 2.45) is 5.41 Å². The number of thiocarbonyl (C=S) groups is 2. The Morgan fingerprint density at radius 1 is 0.758 bits per heavy atom. The largest absolute Gasteiger partial charge is 0.362 e. The lowest BCUT2D eigenvalue weighted by Gasteiger charge is -2.34. The van der Waals surface area contributed by atoms with Crippen molar-refractivity contribution in [3.63, 3.8) is 0 Å². The molecule has 2 aromatic carbocycles. The van der Waals surface area contributed by atoms with Crippen molar-refractivity contribution >= 4 is 69.2 Å². The van der Waals surface area contributed by atoms with Gasteiger partial charge in [-0.1, -0.05) is 49.9 Å². The lowest BCUT2D eigenvalue weighted by Crippen LogP contribution is -2.40. The van der Waals surface area contributed by atoms with Crippen molar-refractivity contribution < 1.29 is 0 Å². The van der Waals surface area contributed by atoms with Crippen LogP contribution in [0.5, 0.6) is 0 Å². The highest BCUT2D eigenvalue weighted by Gasteiger charge is 2.27. The van der Waals surface area contributed by atoms with E-state index in [1.807, 2.05) is 48.5 Å². The van der Waals surface area contributed by atoms with Gasteiger partial charge in [0.1, 0.15) is 0 Å². The second kappa shape index (κ2) is 14.6. The summed E-state index contributed by atoms with van der Waals surface area (Å²) < 4.78 is 0. The predicted molar refractivity (Wildman–Crippen MR) is 153 cm³/mol. The van der Waals surface area contributed by atoms with Crippen LogP contribution in [0.25, 0.3) is 0 Å². The second-order valence-corrected chi connectivity index (χ2v) is 9.95. The average Bonchev–Trinajstić information content (AvgIpc) is 2.81. The molecule has 4 N–H and O–H groups in total. The number of nitrogens with one attached hydrogen (secondary N) is 4. The van der Waals surface area contributed by atoms with Gasteiger partial charge in [-0.15, -0.1) is 0 Å². The number of benzene rings is 2. The molecule has 0 aromatic heterocycles.